The average molecular weight is 275 g/mol. The Labute approximate surface area is 110 Å². The molecule has 0 N–H and O–H groups in total. The minimum absolute atomic E-state index is 0.0359. The fourth-order valence-corrected chi connectivity index (χ4v) is 1.95. The van der Waals surface area contributed by atoms with Crippen molar-refractivity contribution in [3.05, 3.63) is 33.8 Å². The van der Waals surface area contributed by atoms with Gasteiger partial charge in [-0.3, -0.25) is 9.59 Å². The number of rotatable bonds is 5. The maximum absolute atomic E-state index is 11.8. The first-order chi connectivity index (χ1) is 8.06. The zero-order valence-electron chi connectivity index (χ0n) is 9.33. The zero-order valence-corrected chi connectivity index (χ0v) is 10.8. The third-order valence-electron chi connectivity index (χ3n) is 2.10. The van der Waals surface area contributed by atoms with Gasteiger partial charge in [-0.2, -0.15) is 0 Å². The van der Waals surface area contributed by atoms with Crippen molar-refractivity contribution in [2.24, 2.45) is 0 Å². The van der Waals surface area contributed by atoms with E-state index in [0.29, 0.717) is 16.7 Å². The third-order valence-corrected chi connectivity index (χ3v) is 2.73. The van der Waals surface area contributed by atoms with Crippen molar-refractivity contribution in [3.8, 4) is 0 Å². The second kappa shape index (κ2) is 6.62. The van der Waals surface area contributed by atoms with Gasteiger partial charge in [0.1, 0.15) is 0 Å². The Balaban J connectivity index is 2.68. The van der Waals surface area contributed by atoms with Gasteiger partial charge in [-0.25, -0.2) is 0 Å². The molecule has 0 aliphatic carbocycles. The summed E-state index contributed by atoms with van der Waals surface area (Å²) in [6, 6.07) is 4.84. The van der Waals surface area contributed by atoms with Crippen LogP contribution >= 0.6 is 23.2 Å². The van der Waals surface area contributed by atoms with Gasteiger partial charge in [0.05, 0.1) is 28.6 Å². The lowest BCUT2D eigenvalue weighted by Gasteiger charge is -2.05. The summed E-state index contributed by atoms with van der Waals surface area (Å²) in [6.45, 7) is 2.02. The van der Waals surface area contributed by atoms with E-state index in [0.717, 1.165) is 0 Å². The first-order valence-corrected chi connectivity index (χ1v) is 5.94. The highest BCUT2D eigenvalue weighted by molar-refractivity contribution is 6.39. The highest BCUT2D eigenvalue weighted by Crippen LogP contribution is 2.25. The molecule has 1 rings (SSSR count). The van der Waals surface area contributed by atoms with Gasteiger partial charge in [-0.1, -0.05) is 29.3 Å². The summed E-state index contributed by atoms with van der Waals surface area (Å²) in [5.41, 5.74) is 0.264. The van der Waals surface area contributed by atoms with E-state index in [1.807, 2.05) is 0 Å². The first-order valence-electron chi connectivity index (χ1n) is 5.19. The molecule has 0 unspecified atom stereocenters. The number of halogens is 2. The predicted molar refractivity (Wildman–Crippen MR) is 66.7 cm³/mol. The molecule has 0 bridgehead atoms. The van der Waals surface area contributed by atoms with Crippen molar-refractivity contribution in [2.75, 3.05) is 6.61 Å². The van der Waals surface area contributed by atoms with Gasteiger partial charge in [-0.15, -0.1) is 0 Å². The molecule has 0 saturated carbocycles. The number of hydrogen-bond acceptors (Lipinski definition) is 3. The van der Waals surface area contributed by atoms with E-state index in [2.05, 4.69) is 0 Å². The van der Waals surface area contributed by atoms with Crippen molar-refractivity contribution in [1.29, 1.82) is 0 Å². The van der Waals surface area contributed by atoms with Crippen LogP contribution in [0.4, 0.5) is 0 Å². The average Bonchev–Trinajstić information content (AvgIpc) is 2.26. The van der Waals surface area contributed by atoms with E-state index in [9.17, 15) is 9.59 Å². The van der Waals surface area contributed by atoms with Crippen LogP contribution < -0.4 is 0 Å². The van der Waals surface area contributed by atoms with Crippen LogP contribution in [0.25, 0.3) is 0 Å². The van der Waals surface area contributed by atoms with E-state index < -0.39 is 5.97 Å². The number of carbonyl (C=O) groups excluding carboxylic acids is 2. The summed E-state index contributed by atoms with van der Waals surface area (Å²) in [7, 11) is 0. The molecule has 92 valence electrons. The lowest BCUT2D eigenvalue weighted by Crippen LogP contribution is -2.08. The summed E-state index contributed by atoms with van der Waals surface area (Å²) in [6.07, 6.45) is 0.0799. The minimum atomic E-state index is -0.399. The van der Waals surface area contributed by atoms with E-state index in [-0.39, 0.29) is 24.2 Å². The van der Waals surface area contributed by atoms with Gasteiger partial charge in [0, 0.05) is 6.42 Å². The number of hydrogen-bond donors (Lipinski definition) is 0. The molecule has 0 fully saturated rings. The van der Waals surface area contributed by atoms with E-state index in [4.69, 9.17) is 27.9 Å². The van der Waals surface area contributed by atoms with Crippen molar-refractivity contribution in [2.45, 2.75) is 19.8 Å². The molecule has 0 radical (unpaired) electrons. The second-order valence-corrected chi connectivity index (χ2v) is 4.14. The van der Waals surface area contributed by atoms with Gasteiger partial charge in [0.2, 0.25) is 0 Å². The Kier molecular flexibility index (Phi) is 5.45. The topological polar surface area (TPSA) is 43.4 Å². The summed E-state index contributed by atoms with van der Waals surface area (Å²) >= 11 is 11.8. The first kappa shape index (κ1) is 14.0. The van der Waals surface area contributed by atoms with Crippen LogP contribution in [0.15, 0.2) is 18.2 Å². The Bertz CT molecular complexity index is 410. The molecule has 17 heavy (non-hydrogen) atoms. The number of Topliss-reactive ketones (excluding diaryl/α,β-unsaturated/α-hetero) is 1. The van der Waals surface area contributed by atoms with Crippen molar-refractivity contribution in [1.82, 2.24) is 0 Å². The highest BCUT2D eigenvalue weighted by atomic mass is 35.5. The lowest BCUT2D eigenvalue weighted by molar-refractivity contribution is -0.143. The van der Waals surface area contributed by atoms with Gasteiger partial charge >= 0.3 is 5.97 Å². The number of benzene rings is 1. The molecular formula is C12H12Cl2O3. The van der Waals surface area contributed by atoms with Crippen LogP contribution in [0, 0.1) is 0 Å². The van der Waals surface area contributed by atoms with Gasteiger partial charge in [0.15, 0.2) is 5.78 Å². The van der Waals surface area contributed by atoms with Crippen LogP contribution in [-0.4, -0.2) is 18.4 Å². The maximum Gasteiger partial charge on any atom is 0.306 e. The van der Waals surface area contributed by atoms with E-state index in [1.54, 1.807) is 25.1 Å². The van der Waals surface area contributed by atoms with E-state index >= 15 is 0 Å². The molecule has 3 nitrogen and oxygen atoms in total. The van der Waals surface area contributed by atoms with Crippen LogP contribution in [0.2, 0.25) is 10.0 Å². The van der Waals surface area contributed by atoms with Crippen LogP contribution in [-0.2, 0) is 9.53 Å². The number of carbonyl (C=O) groups is 2. The molecule has 0 heterocycles. The van der Waals surface area contributed by atoms with Gasteiger partial charge in [-0.05, 0) is 19.1 Å². The quantitative estimate of drug-likeness (QED) is 0.610. The molecule has 1 aromatic rings. The molecule has 0 aromatic heterocycles. The standard InChI is InChI=1S/C12H12Cl2O3/c1-2-17-11(16)7-6-10(15)12-8(13)4-3-5-9(12)14/h3-5H,2,6-7H2,1H3. The van der Waals surface area contributed by atoms with Crippen LogP contribution in [0.3, 0.4) is 0 Å². The Morgan fingerprint density at radius 1 is 1.18 bits per heavy atom. The predicted octanol–water partition coefficient (Wildman–Crippen LogP) is 3.52. The van der Waals surface area contributed by atoms with Crippen LogP contribution in [0.1, 0.15) is 30.1 Å². The molecular weight excluding hydrogens is 263 g/mol. The van der Waals surface area contributed by atoms with Gasteiger partial charge < -0.3 is 4.74 Å². The fourth-order valence-electron chi connectivity index (χ4n) is 1.34. The Morgan fingerprint density at radius 2 is 1.76 bits per heavy atom. The summed E-state index contributed by atoms with van der Waals surface area (Å²) in [5.74, 6) is -0.655. The highest BCUT2D eigenvalue weighted by Gasteiger charge is 2.15. The molecule has 0 atom stereocenters. The lowest BCUT2D eigenvalue weighted by atomic mass is 10.1. The third kappa shape index (κ3) is 4.02. The smallest absolute Gasteiger partial charge is 0.306 e. The molecule has 0 aliphatic rings. The summed E-state index contributed by atoms with van der Waals surface area (Å²) in [5, 5.41) is 0.595. The van der Waals surface area contributed by atoms with Crippen molar-refractivity contribution >= 4 is 35.0 Å². The number of ether oxygens (including phenoxy) is 1. The van der Waals surface area contributed by atoms with Gasteiger partial charge in [0.25, 0.3) is 0 Å². The van der Waals surface area contributed by atoms with E-state index in [1.165, 1.54) is 0 Å². The number of ketones is 1. The monoisotopic (exact) mass is 274 g/mol. The molecule has 5 heteroatoms. The van der Waals surface area contributed by atoms with Crippen molar-refractivity contribution in [3.63, 3.8) is 0 Å². The second-order valence-electron chi connectivity index (χ2n) is 3.32. The fraction of sp³-hybridized carbons (Fsp3) is 0.333. The number of esters is 1. The Hall–Kier alpha value is -1.06. The molecule has 0 spiro atoms. The Morgan fingerprint density at radius 3 is 2.29 bits per heavy atom. The zero-order chi connectivity index (χ0) is 12.8. The molecule has 0 saturated heterocycles. The molecule has 0 aliphatic heterocycles. The normalized spacial score (nSPS) is 10.1. The molecule has 1 aromatic carbocycles. The molecule has 0 amide bonds. The maximum atomic E-state index is 11.8. The SMILES string of the molecule is CCOC(=O)CCC(=O)c1c(Cl)cccc1Cl. The largest absolute Gasteiger partial charge is 0.466 e. The summed E-state index contributed by atoms with van der Waals surface area (Å²) in [4.78, 5) is 22.9. The minimum Gasteiger partial charge on any atom is -0.466 e. The van der Waals surface area contributed by atoms with Crippen LogP contribution in [0.5, 0.6) is 0 Å². The summed E-state index contributed by atoms with van der Waals surface area (Å²) < 4.78 is 4.73. The van der Waals surface area contributed by atoms with Crippen molar-refractivity contribution < 1.29 is 14.3 Å².